The van der Waals surface area contributed by atoms with Crippen molar-refractivity contribution in [3.8, 4) is 11.8 Å². The minimum absolute atomic E-state index is 0.0401. The van der Waals surface area contributed by atoms with Crippen molar-refractivity contribution in [3.63, 3.8) is 0 Å². The number of rotatable bonds is 22. The van der Waals surface area contributed by atoms with Crippen LogP contribution in [0.3, 0.4) is 0 Å². The van der Waals surface area contributed by atoms with E-state index in [1.807, 2.05) is 122 Å². The van der Waals surface area contributed by atoms with Gasteiger partial charge in [0.1, 0.15) is 12.1 Å². The molecule has 2 saturated heterocycles. The predicted octanol–water partition coefficient (Wildman–Crippen LogP) is 4.95. The Morgan fingerprint density at radius 2 is 0.956 bits per heavy atom. The van der Waals surface area contributed by atoms with Crippen molar-refractivity contribution in [2.24, 2.45) is 10.8 Å². The van der Waals surface area contributed by atoms with Crippen LogP contribution in [-0.4, -0.2) is 145 Å². The van der Waals surface area contributed by atoms with E-state index in [2.05, 4.69) is 33.1 Å². The van der Waals surface area contributed by atoms with Crippen LogP contribution in [0, 0.1) is 22.7 Å². The lowest BCUT2D eigenvalue weighted by Crippen LogP contribution is -2.59. The number of nitrogens with zero attached hydrogens (tertiary/aromatic N) is 4. The molecule has 2 aromatic rings. The van der Waals surface area contributed by atoms with Gasteiger partial charge in [0, 0.05) is 77.0 Å². The van der Waals surface area contributed by atoms with E-state index in [4.69, 9.17) is 0 Å². The van der Waals surface area contributed by atoms with Crippen molar-refractivity contribution in [2.75, 3.05) is 53.4 Å². The van der Waals surface area contributed by atoms with E-state index in [0.717, 1.165) is 36.8 Å². The van der Waals surface area contributed by atoms with Gasteiger partial charge in [-0.15, -0.1) is 11.8 Å². The lowest BCUT2D eigenvalue weighted by molar-refractivity contribution is -0.142. The fraction of sp³-hybridized carbons (Fsp3) is 0.630. The first-order valence-electron chi connectivity index (χ1n) is 24.9. The number of amides is 6. The molecule has 2 heterocycles. The molecule has 0 aromatic heterocycles. The van der Waals surface area contributed by atoms with Crippen LogP contribution < -0.4 is 21.3 Å². The molecule has 14 heteroatoms. The van der Waals surface area contributed by atoms with Gasteiger partial charge in [-0.1, -0.05) is 102 Å². The van der Waals surface area contributed by atoms with Crippen LogP contribution in [0.2, 0.25) is 0 Å². The highest BCUT2D eigenvalue weighted by molar-refractivity contribution is 5.91. The molecular formula is C54H82N8O6. The Kier molecular flexibility index (Phi) is 21.6. The Labute approximate surface area is 407 Å². The average Bonchev–Trinajstić information content (AvgIpc) is 3.99. The van der Waals surface area contributed by atoms with Gasteiger partial charge in [0.15, 0.2) is 0 Å². The normalized spacial score (nSPS) is 17.9. The second-order valence-electron chi connectivity index (χ2n) is 20.8. The molecule has 2 aliphatic rings. The summed E-state index contributed by atoms with van der Waals surface area (Å²) in [6.07, 6.45) is 5.56. The summed E-state index contributed by atoms with van der Waals surface area (Å²) in [5.74, 6) is 5.51. The topological polar surface area (TPSA) is 163 Å². The number of likely N-dealkylation sites (N-methyl/N-ethyl adjacent to an activating group) is 2. The number of carbonyl (C=O) groups excluding carboxylic acids is 6. The van der Waals surface area contributed by atoms with Crippen molar-refractivity contribution in [1.82, 2.24) is 40.9 Å². The third-order valence-corrected chi connectivity index (χ3v) is 13.4. The van der Waals surface area contributed by atoms with Crippen molar-refractivity contribution in [2.45, 2.75) is 156 Å². The first kappa shape index (κ1) is 55.3. The minimum atomic E-state index is -0.723. The van der Waals surface area contributed by atoms with Crippen LogP contribution in [0.4, 0.5) is 0 Å². The second-order valence-corrected chi connectivity index (χ2v) is 20.8. The summed E-state index contributed by atoms with van der Waals surface area (Å²) in [7, 11) is 3.42. The molecule has 0 spiro atoms. The van der Waals surface area contributed by atoms with E-state index in [9.17, 15) is 28.8 Å². The highest BCUT2D eigenvalue weighted by atomic mass is 16.2. The first-order valence-corrected chi connectivity index (χ1v) is 24.9. The number of benzene rings is 2. The zero-order valence-corrected chi connectivity index (χ0v) is 42.8. The van der Waals surface area contributed by atoms with Gasteiger partial charge in [-0.05, 0) is 88.4 Å². The van der Waals surface area contributed by atoms with Gasteiger partial charge in [-0.3, -0.25) is 28.8 Å². The standard InChI is InChI=1S/C54H82N8O6/c1-39(55-9)49(65)57-47(53(3,4)5)51(67)61-33-21-27-43(61)37-59(35-31-41-23-15-13-16-24-41)45(63)29-19-11-12-20-30-46(64)60(36-32-42-25-17-14-18-26-42)38-44-28-22-34-62(44)52(68)48(54(6,7)8)58-50(66)40(2)56-10/h13-18,23-26,39-40,43-44,47-48,55-56H,19-22,27-38H2,1-10H3,(H,57,65)(H,58,66). The van der Waals surface area contributed by atoms with E-state index in [-0.39, 0.29) is 60.4 Å². The van der Waals surface area contributed by atoms with Crippen LogP contribution in [-0.2, 0) is 41.6 Å². The molecule has 4 N–H and O–H groups in total. The van der Waals surface area contributed by atoms with Crippen LogP contribution in [0.15, 0.2) is 60.7 Å². The van der Waals surface area contributed by atoms with Gasteiger partial charge in [-0.25, -0.2) is 0 Å². The molecule has 6 unspecified atom stereocenters. The molecule has 2 aromatic carbocycles. The van der Waals surface area contributed by atoms with Crippen LogP contribution in [0.1, 0.15) is 118 Å². The van der Waals surface area contributed by atoms with Gasteiger partial charge in [-0.2, -0.15) is 0 Å². The SMILES string of the molecule is CNC(C)C(=O)NC(C(=O)N1CCCC1CN(CCc1ccccc1)C(=O)CCC#CCCC(=O)N(CCc1ccccc1)CC1CCCN1C(=O)C(NC(=O)C(C)NC)C(C)(C)C)C(C)(C)C. The van der Waals surface area contributed by atoms with E-state index in [0.29, 0.717) is 65.0 Å². The highest BCUT2D eigenvalue weighted by Gasteiger charge is 2.42. The third kappa shape index (κ3) is 16.8. The number of likely N-dealkylation sites (tertiary alicyclic amines) is 2. The Morgan fingerprint density at radius 3 is 1.28 bits per heavy atom. The van der Waals surface area contributed by atoms with Gasteiger partial charge >= 0.3 is 0 Å². The number of nitrogens with one attached hydrogen (secondary N) is 4. The third-order valence-electron chi connectivity index (χ3n) is 13.4. The Bertz CT molecular complexity index is 1880. The minimum Gasteiger partial charge on any atom is -0.342 e. The van der Waals surface area contributed by atoms with Crippen LogP contribution in [0.25, 0.3) is 0 Å². The summed E-state index contributed by atoms with van der Waals surface area (Å²) in [5, 5.41) is 11.9. The average molecular weight is 939 g/mol. The fourth-order valence-electron chi connectivity index (χ4n) is 8.85. The summed E-state index contributed by atoms with van der Waals surface area (Å²) in [5.41, 5.74) is 1.18. The zero-order chi connectivity index (χ0) is 50.0. The maximum Gasteiger partial charge on any atom is 0.246 e. The molecule has 0 saturated carbocycles. The maximum absolute atomic E-state index is 14.2. The molecule has 6 atom stereocenters. The van der Waals surface area contributed by atoms with Gasteiger partial charge in [0.2, 0.25) is 35.4 Å². The molecule has 374 valence electrons. The van der Waals surface area contributed by atoms with Gasteiger partial charge in [0.25, 0.3) is 0 Å². The molecule has 0 radical (unpaired) electrons. The molecule has 14 nitrogen and oxygen atoms in total. The highest BCUT2D eigenvalue weighted by Crippen LogP contribution is 2.28. The van der Waals surface area contributed by atoms with Crippen molar-refractivity contribution >= 4 is 35.4 Å². The fourth-order valence-corrected chi connectivity index (χ4v) is 8.85. The molecule has 68 heavy (non-hydrogen) atoms. The largest absolute Gasteiger partial charge is 0.342 e. The summed E-state index contributed by atoms with van der Waals surface area (Å²) < 4.78 is 0. The van der Waals surface area contributed by atoms with Gasteiger partial charge < -0.3 is 40.9 Å². The lowest BCUT2D eigenvalue weighted by atomic mass is 9.85. The number of hydrogen-bond donors (Lipinski definition) is 4. The monoisotopic (exact) mass is 939 g/mol. The maximum atomic E-state index is 14.2. The van der Waals surface area contributed by atoms with Crippen LogP contribution >= 0.6 is 0 Å². The molecular weight excluding hydrogens is 857 g/mol. The molecule has 0 aliphatic carbocycles. The second kappa shape index (κ2) is 26.5. The van der Waals surface area contributed by atoms with Crippen LogP contribution in [0.5, 0.6) is 0 Å². The quantitative estimate of drug-likeness (QED) is 0.121. The molecule has 2 aliphatic heterocycles. The van der Waals surface area contributed by atoms with Crippen molar-refractivity contribution in [1.29, 1.82) is 0 Å². The molecule has 4 rings (SSSR count). The molecule has 2 fully saturated rings. The smallest absolute Gasteiger partial charge is 0.246 e. The molecule has 6 amide bonds. The first-order chi connectivity index (χ1) is 32.2. The lowest BCUT2D eigenvalue weighted by Gasteiger charge is -2.37. The van der Waals surface area contributed by atoms with Gasteiger partial charge in [0.05, 0.1) is 12.1 Å². The van der Waals surface area contributed by atoms with Crippen molar-refractivity contribution in [3.05, 3.63) is 71.8 Å². The molecule has 0 bridgehead atoms. The summed E-state index contributed by atoms with van der Waals surface area (Å²) in [4.78, 5) is 89.8. The van der Waals surface area contributed by atoms with E-state index in [1.165, 1.54) is 0 Å². The Morgan fingerprint density at radius 1 is 0.603 bits per heavy atom. The van der Waals surface area contributed by atoms with E-state index in [1.54, 1.807) is 27.9 Å². The summed E-state index contributed by atoms with van der Waals surface area (Å²) >= 11 is 0. The number of carbonyl (C=O) groups is 6. The number of hydrogen-bond acceptors (Lipinski definition) is 8. The summed E-state index contributed by atoms with van der Waals surface area (Å²) in [6.45, 7) is 18.1. The van der Waals surface area contributed by atoms with E-state index < -0.39 is 35.0 Å². The summed E-state index contributed by atoms with van der Waals surface area (Å²) in [6, 6.07) is 17.4. The Balaban J connectivity index is 1.42. The van der Waals surface area contributed by atoms with E-state index >= 15 is 0 Å². The van der Waals surface area contributed by atoms with Crippen molar-refractivity contribution < 1.29 is 28.8 Å². The Hall–Kier alpha value is -5.26. The zero-order valence-electron chi connectivity index (χ0n) is 42.8. The predicted molar refractivity (Wildman–Crippen MR) is 269 cm³/mol.